The van der Waals surface area contributed by atoms with Gasteiger partial charge in [0.1, 0.15) is 5.78 Å². The predicted molar refractivity (Wildman–Crippen MR) is 66.2 cm³/mol. The van der Waals surface area contributed by atoms with Crippen molar-refractivity contribution < 1.29 is 23.9 Å². The van der Waals surface area contributed by atoms with Crippen LogP contribution in [0.15, 0.2) is 0 Å². The van der Waals surface area contributed by atoms with Crippen LogP contribution in [0.2, 0.25) is 0 Å². The predicted octanol–water partition coefficient (Wildman–Crippen LogP) is 1.67. The first-order chi connectivity index (χ1) is 8.11. The van der Waals surface area contributed by atoms with E-state index in [1.165, 1.54) is 13.8 Å². The second kappa shape index (κ2) is 6.75. The quantitative estimate of drug-likeness (QED) is 0.489. The highest BCUT2D eigenvalue weighted by atomic mass is 16.7. The zero-order valence-electron chi connectivity index (χ0n) is 11.9. The molecule has 0 amide bonds. The molecule has 0 aromatic rings. The minimum atomic E-state index is -1.96. The fourth-order valence-electron chi connectivity index (χ4n) is 1.53. The SMILES string of the molecule is CC(=O)CC(=O)C(OC(C)C)(OC(C)C)C(C)=O. The molecular weight excluding hydrogens is 236 g/mol. The van der Waals surface area contributed by atoms with E-state index in [0.717, 1.165) is 0 Å². The molecule has 0 bridgehead atoms. The second-order valence-corrected chi connectivity index (χ2v) is 4.81. The Hall–Kier alpha value is -1.07. The Labute approximate surface area is 108 Å². The number of carbonyl (C=O) groups is 3. The van der Waals surface area contributed by atoms with Crippen molar-refractivity contribution in [2.45, 2.75) is 66.0 Å². The lowest BCUT2D eigenvalue weighted by atomic mass is 10.0. The van der Waals surface area contributed by atoms with E-state index >= 15 is 0 Å². The van der Waals surface area contributed by atoms with E-state index in [4.69, 9.17) is 9.47 Å². The molecule has 0 aromatic carbocycles. The third-order valence-electron chi connectivity index (χ3n) is 2.04. The third-order valence-corrected chi connectivity index (χ3v) is 2.04. The van der Waals surface area contributed by atoms with Gasteiger partial charge in [0.15, 0.2) is 5.78 Å². The number of hydrogen-bond acceptors (Lipinski definition) is 5. The van der Waals surface area contributed by atoms with E-state index in [2.05, 4.69) is 0 Å². The van der Waals surface area contributed by atoms with Crippen LogP contribution in [0.25, 0.3) is 0 Å². The van der Waals surface area contributed by atoms with Crippen LogP contribution in [0.5, 0.6) is 0 Å². The van der Waals surface area contributed by atoms with Gasteiger partial charge in [-0.25, -0.2) is 0 Å². The van der Waals surface area contributed by atoms with Gasteiger partial charge in [0, 0.05) is 6.92 Å². The van der Waals surface area contributed by atoms with Crippen LogP contribution >= 0.6 is 0 Å². The molecule has 0 saturated heterocycles. The summed E-state index contributed by atoms with van der Waals surface area (Å²) in [7, 11) is 0. The van der Waals surface area contributed by atoms with Crippen molar-refractivity contribution in [3.63, 3.8) is 0 Å². The van der Waals surface area contributed by atoms with E-state index in [1.807, 2.05) is 0 Å². The van der Waals surface area contributed by atoms with Crippen LogP contribution in [0.3, 0.4) is 0 Å². The number of rotatable bonds is 8. The summed E-state index contributed by atoms with van der Waals surface area (Å²) in [5.41, 5.74) is 0. The Kier molecular flexibility index (Phi) is 6.35. The van der Waals surface area contributed by atoms with Crippen LogP contribution in [0.1, 0.15) is 48.0 Å². The number of Topliss-reactive ketones (excluding diaryl/α,β-unsaturated/α-hetero) is 3. The molecule has 0 aliphatic carbocycles. The van der Waals surface area contributed by atoms with Gasteiger partial charge in [-0.2, -0.15) is 0 Å². The van der Waals surface area contributed by atoms with E-state index < -0.39 is 17.4 Å². The maximum absolute atomic E-state index is 12.1. The fourth-order valence-corrected chi connectivity index (χ4v) is 1.53. The first-order valence-corrected chi connectivity index (χ1v) is 6.01. The first kappa shape index (κ1) is 16.9. The van der Waals surface area contributed by atoms with E-state index in [-0.39, 0.29) is 24.4 Å². The largest absolute Gasteiger partial charge is 0.335 e. The molecule has 0 aliphatic rings. The Morgan fingerprint density at radius 1 is 0.944 bits per heavy atom. The van der Waals surface area contributed by atoms with Gasteiger partial charge in [-0.1, -0.05) is 0 Å². The molecule has 0 N–H and O–H groups in total. The Morgan fingerprint density at radius 2 is 1.33 bits per heavy atom. The summed E-state index contributed by atoms with van der Waals surface area (Å²) < 4.78 is 10.8. The smallest absolute Gasteiger partial charge is 0.291 e. The summed E-state index contributed by atoms with van der Waals surface area (Å²) in [5, 5.41) is 0. The number of carbonyl (C=O) groups excluding carboxylic acids is 3. The van der Waals surface area contributed by atoms with Crippen LogP contribution in [-0.4, -0.2) is 35.3 Å². The number of hydrogen-bond donors (Lipinski definition) is 0. The molecule has 18 heavy (non-hydrogen) atoms. The van der Waals surface area contributed by atoms with Crippen molar-refractivity contribution in [1.82, 2.24) is 0 Å². The molecule has 0 aromatic heterocycles. The van der Waals surface area contributed by atoms with Gasteiger partial charge >= 0.3 is 0 Å². The van der Waals surface area contributed by atoms with Crippen molar-refractivity contribution in [2.24, 2.45) is 0 Å². The lowest BCUT2D eigenvalue weighted by Gasteiger charge is -2.33. The Bertz CT molecular complexity index is 320. The normalized spacial score (nSPS) is 12.0. The molecule has 0 heterocycles. The highest BCUT2D eigenvalue weighted by Crippen LogP contribution is 2.23. The van der Waals surface area contributed by atoms with Crippen LogP contribution < -0.4 is 0 Å². The molecule has 5 nitrogen and oxygen atoms in total. The van der Waals surface area contributed by atoms with Crippen molar-refractivity contribution in [3.8, 4) is 0 Å². The van der Waals surface area contributed by atoms with Crippen LogP contribution in [0, 0.1) is 0 Å². The summed E-state index contributed by atoms with van der Waals surface area (Å²) >= 11 is 0. The molecule has 0 saturated carbocycles. The monoisotopic (exact) mass is 258 g/mol. The van der Waals surface area contributed by atoms with Crippen molar-refractivity contribution >= 4 is 17.3 Å². The zero-order chi connectivity index (χ0) is 14.5. The highest BCUT2D eigenvalue weighted by Gasteiger charge is 2.47. The second-order valence-electron chi connectivity index (χ2n) is 4.81. The molecule has 0 unspecified atom stereocenters. The molecule has 0 spiro atoms. The molecule has 104 valence electrons. The van der Waals surface area contributed by atoms with E-state index in [1.54, 1.807) is 27.7 Å². The first-order valence-electron chi connectivity index (χ1n) is 6.01. The lowest BCUT2D eigenvalue weighted by Crippen LogP contribution is -2.53. The summed E-state index contributed by atoms with van der Waals surface area (Å²) in [4.78, 5) is 34.9. The molecule has 5 heteroatoms. The van der Waals surface area contributed by atoms with E-state index in [9.17, 15) is 14.4 Å². The summed E-state index contributed by atoms with van der Waals surface area (Å²) in [6.07, 6.45) is -1.12. The van der Waals surface area contributed by atoms with Gasteiger partial charge in [-0.05, 0) is 34.6 Å². The summed E-state index contributed by atoms with van der Waals surface area (Å²) in [6, 6.07) is 0. The molecule has 0 rings (SSSR count). The molecule has 0 radical (unpaired) electrons. The maximum Gasteiger partial charge on any atom is 0.291 e. The number of ether oxygens (including phenoxy) is 2. The summed E-state index contributed by atoms with van der Waals surface area (Å²) in [5.74, 6) is -3.49. The van der Waals surface area contributed by atoms with Crippen molar-refractivity contribution in [2.75, 3.05) is 0 Å². The molecule has 0 atom stereocenters. The zero-order valence-corrected chi connectivity index (χ0v) is 11.9. The minimum Gasteiger partial charge on any atom is -0.335 e. The third kappa shape index (κ3) is 4.66. The molecular formula is C13H22O5. The van der Waals surface area contributed by atoms with Gasteiger partial charge in [0.2, 0.25) is 5.78 Å². The van der Waals surface area contributed by atoms with Gasteiger partial charge in [0.25, 0.3) is 5.79 Å². The van der Waals surface area contributed by atoms with Crippen molar-refractivity contribution in [3.05, 3.63) is 0 Å². The fraction of sp³-hybridized carbons (Fsp3) is 0.769. The van der Waals surface area contributed by atoms with Gasteiger partial charge < -0.3 is 9.47 Å². The highest BCUT2D eigenvalue weighted by molar-refractivity contribution is 6.13. The Balaban J connectivity index is 5.37. The van der Waals surface area contributed by atoms with Crippen molar-refractivity contribution in [1.29, 1.82) is 0 Å². The maximum atomic E-state index is 12.1. The van der Waals surface area contributed by atoms with Crippen LogP contribution in [0.4, 0.5) is 0 Å². The number of ketones is 3. The van der Waals surface area contributed by atoms with E-state index in [0.29, 0.717) is 0 Å². The summed E-state index contributed by atoms with van der Waals surface area (Å²) in [6.45, 7) is 9.30. The standard InChI is InChI=1S/C13H22O5/c1-8(2)17-13(11(6)15,18-9(3)4)12(16)7-10(5)14/h8-9H,7H2,1-6H3. The average molecular weight is 258 g/mol. The van der Waals surface area contributed by atoms with Gasteiger partial charge in [-0.3, -0.25) is 14.4 Å². The molecule has 0 fully saturated rings. The average Bonchev–Trinajstić information content (AvgIpc) is 2.13. The van der Waals surface area contributed by atoms with Gasteiger partial charge in [0.05, 0.1) is 18.6 Å². The van der Waals surface area contributed by atoms with Gasteiger partial charge in [-0.15, -0.1) is 0 Å². The minimum absolute atomic E-state index is 0.328. The van der Waals surface area contributed by atoms with Crippen LogP contribution in [-0.2, 0) is 23.9 Å². The Morgan fingerprint density at radius 3 is 1.56 bits per heavy atom. The lowest BCUT2D eigenvalue weighted by molar-refractivity contribution is -0.243. The topological polar surface area (TPSA) is 69.7 Å². The molecule has 0 aliphatic heterocycles.